The Kier molecular flexibility index (Phi) is 5.50. The van der Waals surface area contributed by atoms with Gasteiger partial charge in [0.2, 0.25) is 0 Å². The maximum absolute atomic E-state index is 12.2. The lowest BCUT2D eigenvalue weighted by Gasteiger charge is -2.07. The minimum atomic E-state index is -4.33. The summed E-state index contributed by atoms with van der Waals surface area (Å²) in [6.07, 6.45) is -0.865. The van der Waals surface area contributed by atoms with Gasteiger partial charge >= 0.3 is 6.18 Å². The highest BCUT2D eigenvalue weighted by Crippen LogP contribution is 2.26. The predicted octanol–water partition coefficient (Wildman–Crippen LogP) is 4.10. The second kappa shape index (κ2) is 5.83. The summed E-state index contributed by atoms with van der Waals surface area (Å²) in [4.78, 5) is 3.56. The Morgan fingerprint density at radius 1 is 1.36 bits per heavy atom. The third kappa shape index (κ3) is 5.04. The van der Waals surface area contributed by atoms with Gasteiger partial charge in [-0.05, 0) is 26.7 Å². The molecule has 0 saturated heterocycles. The number of allylic oxidation sites excluding steroid dienone is 2. The number of aliphatic imine (C=N–C) groups is 1. The fourth-order valence-corrected chi connectivity index (χ4v) is 0.986. The number of hydrogen-bond acceptors (Lipinski definition) is 1. The molecule has 82 valence electrons. The minimum absolute atomic E-state index is 0.539. The molecule has 0 fully saturated rings. The number of halogens is 3. The van der Waals surface area contributed by atoms with E-state index in [2.05, 4.69) is 4.99 Å². The molecule has 0 unspecified atom stereocenters. The van der Waals surface area contributed by atoms with E-state index in [0.717, 1.165) is 18.9 Å². The van der Waals surface area contributed by atoms with E-state index in [1.54, 1.807) is 6.92 Å². The van der Waals surface area contributed by atoms with Crippen LogP contribution in [0.25, 0.3) is 0 Å². The van der Waals surface area contributed by atoms with Gasteiger partial charge in [0.15, 0.2) is 0 Å². The van der Waals surface area contributed by atoms with Crippen molar-refractivity contribution in [3.63, 3.8) is 0 Å². The van der Waals surface area contributed by atoms with Crippen LogP contribution in [0.15, 0.2) is 16.8 Å². The molecule has 0 radical (unpaired) electrons. The van der Waals surface area contributed by atoms with Crippen molar-refractivity contribution in [2.24, 2.45) is 4.99 Å². The number of unbranched alkanes of at least 4 members (excludes halogenated alkanes) is 1. The van der Waals surface area contributed by atoms with Gasteiger partial charge in [-0.25, -0.2) is 0 Å². The Hall–Kier alpha value is -0.800. The minimum Gasteiger partial charge on any atom is -0.253 e. The fraction of sp³-hybridized carbons (Fsp3) is 0.700. The van der Waals surface area contributed by atoms with Gasteiger partial charge in [0.05, 0.1) is 0 Å². The first-order valence-electron chi connectivity index (χ1n) is 4.69. The van der Waals surface area contributed by atoms with E-state index in [1.807, 2.05) is 6.92 Å². The number of nitrogens with zero attached hydrogens (tertiary/aromatic N) is 1. The lowest BCUT2D eigenvalue weighted by atomic mass is 10.2. The third-order valence-electron chi connectivity index (χ3n) is 1.77. The smallest absolute Gasteiger partial charge is 0.253 e. The molecule has 0 bridgehead atoms. The molecular formula is C10H16F3N. The van der Waals surface area contributed by atoms with E-state index < -0.39 is 11.9 Å². The molecule has 0 atom stereocenters. The zero-order valence-corrected chi connectivity index (χ0v) is 8.78. The van der Waals surface area contributed by atoms with Crippen molar-refractivity contribution in [1.29, 1.82) is 0 Å². The van der Waals surface area contributed by atoms with E-state index in [1.165, 1.54) is 6.92 Å². The van der Waals surface area contributed by atoms with Crippen LogP contribution in [0.3, 0.4) is 0 Å². The molecule has 0 aliphatic heterocycles. The van der Waals surface area contributed by atoms with Crippen molar-refractivity contribution < 1.29 is 13.2 Å². The number of rotatable bonds is 4. The molecular weight excluding hydrogens is 191 g/mol. The Labute approximate surface area is 82.7 Å². The summed E-state index contributed by atoms with van der Waals surface area (Å²) < 4.78 is 36.7. The van der Waals surface area contributed by atoms with Crippen molar-refractivity contribution >= 4 is 5.71 Å². The summed E-state index contributed by atoms with van der Waals surface area (Å²) in [5.74, 6) is 0. The lowest BCUT2D eigenvalue weighted by Crippen LogP contribution is -2.11. The molecule has 0 aromatic heterocycles. The van der Waals surface area contributed by atoms with Crippen molar-refractivity contribution in [3.8, 4) is 0 Å². The first-order chi connectivity index (χ1) is 6.41. The van der Waals surface area contributed by atoms with Crippen LogP contribution >= 0.6 is 0 Å². The lowest BCUT2D eigenvalue weighted by molar-refractivity contribution is -0.0924. The maximum atomic E-state index is 12.2. The van der Waals surface area contributed by atoms with Crippen molar-refractivity contribution in [2.75, 3.05) is 0 Å². The molecule has 0 aromatic carbocycles. The quantitative estimate of drug-likeness (QED) is 0.615. The topological polar surface area (TPSA) is 12.4 Å². The van der Waals surface area contributed by atoms with Gasteiger partial charge in [0.1, 0.15) is 5.70 Å². The highest BCUT2D eigenvalue weighted by Gasteiger charge is 2.32. The Balaban J connectivity index is 4.45. The fourth-order valence-electron chi connectivity index (χ4n) is 0.986. The van der Waals surface area contributed by atoms with Crippen molar-refractivity contribution in [1.82, 2.24) is 0 Å². The van der Waals surface area contributed by atoms with E-state index in [-0.39, 0.29) is 0 Å². The van der Waals surface area contributed by atoms with Crippen LogP contribution in [0.2, 0.25) is 0 Å². The van der Waals surface area contributed by atoms with Crippen molar-refractivity contribution in [3.05, 3.63) is 11.8 Å². The first-order valence-corrected chi connectivity index (χ1v) is 4.69. The molecule has 0 aromatic rings. The van der Waals surface area contributed by atoms with Gasteiger partial charge in [-0.1, -0.05) is 19.4 Å². The van der Waals surface area contributed by atoms with Crippen LogP contribution in [0.4, 0.5) is 13.2 Å². The molecule has 0 spiro atoms. The second-order valence-corrected chi connectivity index (χ2v) is 3.12. The molecule has 0 saturated carbocycles. The molecule has 0 aliphatic rings. The summed E-state index contributed by atoms with van der Waals surface area (Å²) in [5.41, 5.74) is -0.261. The molecule has 0 rings (SSSR count). The summed E-state index contributed by atoms with van der Waals surface area (Å²) in [6, 6.07) is 0. The molecule has 1 nitrogen and oxygen atoms in total. The molecule has 0 aliphatic carbocycles. The van der Waals surface area contributed by atoms with Crippen LogP contribution in [-0.2, 0) is 0 Å². The molecule has 0 amide bonds. The Morgan fingerprint density at radius 2 is 1.93 bits per heavy atom. The summed E-state index contributed by atoms with van der Waals surface area (Å²) in [5, 5.41) is 0. The summed E-state index contributed by atoms with van der Waals surface area (Å²) >= 11 is 0. The molecule has 0 heterocycles. The summed E-state index contributed by atoms with van der Waals surface area (Å²) in [6.45, 7) is 4.97. The summed E-state index contributed by atoms with van der Waals surface area (Å²) in [7, 11) is 0. The van der Waals surface area contributed by atoms with Gasteiger partial charge in [-0.15, -0.1) is 0 Å². The average Bonchev–Trinajstić information content (AvgIpc) is 2.08. The van der Waals surface area contributed by atoms with Crippen LogP contribution < -0.4 is 0 Å². The Bertz CT molecular complexity index is 226. The average molecular weight is 207 g/mol. The largest absolute Gasteiger partial charge is 0.432 e. The second-order valence-electron chi connectivity index (χ2n) is 3.12. The van der Waals surface area contributed by atoms with Crippen LogP contribution in [0, 0.1) is 0 Å². The van der Waals surface area contributed by atoms with Gasteiger partial charge < -0.3 is 0 Å². The van der Waals surface area contributed by atoms with E-state index in [9.17, 15) is 13.2 Å². The van der Waals surface area contributed by atoms with Crippen LogP contribution in [0.5, 0.6) is 0 Å². The predicted molar refractivity (Wildman–Crippen MR) is 52.4 cm³/mol. The zero-order chi connectivity index (χ0) is 11.2. The monoisotopic (exact) mass is 207 g/mol. The van der Waals surface area contributed by atoms with E-state index in [0.29, 0.717) is 12.1 Å². The highest BCUT2D eigenvalue weighted by atomic mass is 19.4. The third-order valence-corrected chi connectivity index (χ3v) is 1.77. The molecule has 0 N–H and O–H groups in total. The maximum Gasteiger partial charge on any atom is 0.432 e. The zero-order valence-electron chi connectivity index (χ0n) is 8.78. The Morgan fingerprint density at radius 3 is 2.29 bits per heavy atom. The van der Waals surface area contributed by atoms with Crippen molar-refractivity contribution in [2.45, 2.75) is 46.2 Å². The number of hydrogen-bond donors (Lipinski definition) is 0. The van der Waals surface area contributed by atoms with Crippen LogP contribution in [-0.4, -0.2) is 11.9 Å². The standard InChI is InChI=1S/C10H16F3N/c1-4-6-7-8(3)14-9(5-2)10(11,12)13/h5H,4,6-7H2,1-3H3/b9-5-,14-8?. The van der Waals surface area contributed by atoms with E-state index >= 15 is 0 Å². The first kappa shape index (κ1) is 13.2. The SMILES string of the molecule is C/C=C(\N=C(C)CCCC)C(F)(F)F. The van der Waals surface area contributed by atoms with Gasteiger partial charge in [0.25, 0.3) is 0 Å². The van der Waals surface area contributed by atoms with E-state index in [4.69, 9.17) is 0 Å². The normalized spacial score (nSPS) is 14.7. The highest BCUT2D eigenvalue weighted by molar-refractivity contribution is 5.82. The number of alkyl halides is 3. The van der Waals surface area contributed by atoms with Crippen LogP contribution in [0.1, 0.15) is 40.0 Å². The van der Waals surface area contributed by atoms with Gasteiger partial charge in [-0.3, -0.25) is 4.99 Å². The van der Waals surface area contributed by atoms with Gasteiger partial charge in [-0.2, -0.15) is 13.2 Å². The van der Waals surface area contributed by atoms with Gasteiger partial charge in [0, 0.05) is 5.71 Å². The molecule has 4 heteroatoms. The molecule has 14 heavy (non-hydrogen) atoms.